The molecular weight excluding hydrogens is 488 g/mol. The molecule has 4 aromatic rings. The van der Waals surface area contributed by atoms with E-state index in [4.69, 9.17) is 16.3 Å². The maximum absolute atomic E-state index is 13.4. The highest BCUT2D eigenvalue weighted by atomic mass is 35.5. The molecule has 0 saturated carbocycles. The number of nitrogens with one attached hydrogen (secondary N) is 1. The first-order valence-corrected chi connectivity index (χ1v) is 12.4. The van der Waals surface area contributed by atoms with Crippen molar-refractivity contribution in [2.24, 2.45) is 0 Å². The molecule has 1 amide bonds. The van der Waals surface area contributed by atoms with Crippen molar-refractivity contribution < 1.29 is 17.9 Å². The lowest BCUT2D eigenvalue weighted by Crippen LogP contribution is -2.40. The summed E-state index contributed by atoms with van der Waals surface area (Å²) in [5.74, 6) is 0.0783. The molecule has 8 nitrogen and oxygen atoms in total. The van der Waals surface area contributed by atoms with Crippen LogP contribution in [-0.2, 0) is 21.4 Å². The first-order chi connectivity index (χ1) is 16.9. The average Bonchev–Trinajstić information content (AvgIpc) is 3.42. The van der Waals surface area contributed by atoms with E-state index in [-0.39, 0.29) is 11.4 Å². The molecule has 0 bridgehead atoms. The van der Waals surface area contributed by atoms with E-state index in [2.05, 4.69) is 10.3 Å². The molecule has 0 fully saturated rings. The molecule has 0 spiro atoms. The maximum atomic E-state index is 13.4. The zero-order chi connectivity index (χ0) is 24.8. The van der Waals surface area contributed by atoms with E-state index in [1.165, 1.54) is 19.2 Å². The Morgan fingerprint density at radius 3 is 2.31 bits per heavy atom. The van der Waals surface area contributed by atoms with E-state index in [1.54, 1.807) is 48.9 Å². The van der Waals surface area contributed by atoms with Crippen LogP contribution in [0.1, 0.15) is 5.56 Å². The Labute approximate surface area is 208 Å². The first kappa shape index (κ1) is 24.3. The Morgan fingerprint density at radius 1 is 1.03 bits per heavy atom. The molecule has 4 rings (SSSR count). The summed E-state index contributed by atoms with van der Waals surface area (Å²) < 4.78 is 34.9. The van der Waals surface area contributed by atoms with Gasteiger partial charge in [0.25, 0.3) is 10.0 Å². The molecule has 180 valence electrons. The number of rotatable bonds is 9. The highest BCUT2D eigenvalue weighted by Gasteiger charge is 2.27. The van der Waals surface area contributed by atoms with E-state index in [0.717, 1.165) is 15.6 Å². The molecule has 0 aliphatic heterocycles. The van der Waals surface area contributed by atoms with Gasteiger partial charge in [-0.15, -0.1) is 0 Å². The predicted molar refractivity (Wildman–Crippen MR) is 134 cm³/mol. The van der Waals surface area contributed by atoms with Crippen molar-refractivity contribution in [3.8, 4) is 11.4 Å². The highest BCUT2D eigenvalue weighted by Crippen LogP contribution is 2.26. The summed E-state index contributed by atoms with van der Waals surface area (Å²) in [5.41, 5.74) is 2.14. The number of hydrogen-bond acceptors (Lipinski definition) is 5. The molecule has 0 atom stereocenters. The minimum atomic E-state index is -4.04. The van der Waals surface area contributed by atoms with E-state index in [1.807, 2.05) is 35.0 Å². The molecule has 0 radical (unpaired) electrons. The Hall–Kier alpha value is -3.82. The number of imidazole rings is 1. The number of methoxy groups -OCH3 is 1. The lowest BCUT2D eigenvalue weighted by molar-refractivity contribution is -0.119. The van der Waals surface area contributed by atoms with Gasteiger partial charge in [-0.3, -0.25) is 9.10 Å². The number of hydrogen-bond donors (Lipinski definition) is 1. The van der Waals surface area contributed by atoms with Gasteiger partial charge in [0, 0.05) is 29.6 Å². The highest BCUT2D eigenvalue weighted by molar-refractivity contribution is 7.92. The minimum absolute atomic E-state index is 0.0381. The number of amides is 1. The van der Waals surface area contributed by atoms with Gasteiger partial charge in [0.15, 0.2) is 0 Å². The second-order valence-corrected chi connectivity index (χ2v) is 9.88. The number of benzene rings is 3. The lowest BCUT2D eigenvalue weighted by atomic mass is 10.2. The Kier molecular flexibility index (Phi) is 7.38. The topological polar surface area (TPSA) is 93.5 Å². The fraction of sp³-hybridized carbons (Fsp3) is 0.120. The van der Waals surface area contributed by atoms with Gasteiger partial charge in [0.2, 0.25) is 5.91 Å². The smallest absolute Gasteiger partial charge is 0.264 e. The van der Waals surface area contributed by atoms with Gasteiger partial charge in [-0.1, -0.05) is 23.7 Å². The van der Waals surface area contributed by atoms with Crippen LogP contribution in [-0.4, -0.2) is 37.5 Å². The van der Waals surface area contributed by atoms with Crippen LogP contribution >= 0.6 is 11.6 Å². The monoisotopic (exact) mass is 510 g/mol. The van der Waals surface area contributed by atoms with Crippen LogP contribution in [0.2, 0.25) is 5.02 Å². The van der Waals surface area contributed by atoms with E-state index < -0.39 is 22.5 Å². The summed E-state index contributed by atoms with van der Waals surface area (Å²) in [6.07, 6.45) is 5.23. The van der Waals surface area contributed by atoms with E-state index in [0.29, 0.717) is 16.5 Å². The summed E-state index contributed by atoms with van der Waals surface area (Å²) in [6.45, 7) is -0.150. The van der Waals surface area contributed by atoms with Crippen molar-refractivity contribution in [2.75, 3.05) is 18.0 Å². The van der Waals surface area contributed by atoms with Crippen molar-refractivity contribution in [2.45, 2.75) is 11.4 Å². The minimum Gasteiger partial charge on any atom is -0.497 e. The number of ether oxygens (including phenoxy) is 1. The number of aromatic nitrogens is 2. The third-order valence-electron chi connectivity index (χ3n) is 5.28. The number of sulfonamides is 1. The van der Waals surface area contributed by atoms with Gasteiger partial charge in [0.1, 0.15) is 12.3 Å². The Balaban J connectivity index is 1.50. The normalized spacial score (nSPS) is 11.1. The molecule has 1 N–H and O–H groups in total. The Morgan fingerprint density at radius 2 is 1.71 bits per heavy atom. The number of anilines is 1. The van der Waals surface area contributed by atoms with Crippen molar-refractivity contribution in [3.05, 3.63) is 102 Å². The van der Waals surface area contributed by atoms with E-state index in [9.17, 15) is 13.2 Å². The molecule has 0 aliphatic rings. The van der Waals surface area contributed by atoms with Crippen LogP contribution in [0.5, 0.6) is 5.75 Å². The predicted octanol–water partition coefficient (Wildman–Crippen LogP) is 4.05. The summed E-state index contributed by atoms with van der Waals surface area (Å²) in [4.78, 5) is 16.9. The van der Waals surface area contributed by atoms with Crippen LogP contribution in [0.3, 0.4) is 0 Å². The third kappa shape index (κ3) is 5.82. The molecule has 0 saturated heterocycles. The Bertz CT molecular complexity index is 1370. The lowest BCUT2D eigenvalue weighted by Gasteiger charge is -2.24. The van der Waals surface area contributed by atoms with Crippen molar-refractivity contribution >= 4 is 33.2 Å². The number of carbonyl (C=O) groups is 1. The molecule has 1 heterocycles. The number of carbonyl (C=O) groups excluding carboxylic acids is 1. The van der Waals surface area contributed by atoms with Gasteiger partial charge < -0.3 is 14.6 Å². The summed E-state index contributed by atoms with van der Waals surface area (Å²) in [5, 5.41) is 3.25. The maximum Gasteiger partial charge on any atom is 0.264 e. The number of halogens is 1. The van der Waals surface area contributed by atoms with Crippen LogP contribution in [0.4, 0.5) is 5.69 Å². The van der Waals surface area contributed by atoms with Crippen LogP contribution in [0, 0.1) is 0 Å². The summed E-state index contributed by atoms with van der Waals surface area (Å²) in [7, 11) is -2.54. The van der Waals surface area contributed by atoms with Gasteiger partial charge in [-0.05, 0) is 66.2 Å². The summed E-state index contributed by atoms with van der Waals surface area (Å²) in [6, 6.07) is 19.9. The molecule has 1 aromatic heterocycles. The quantitative estimate of drug-likeness (QED) is 0.367. The van der Waals surface area contributed by atoms with Crippen LogP contribution in [0.25, 0.3) is 5.69 Å². The molecule has 0 aliphatic carbocycles. The zero-order valence-corrected chi connectivity index (χ0v) is 20.4. The van der Waals surface area contributed by atoms with Crippen molar-refractivity contribution in [3.63, 3.8) is 0 Å². The van der Waals surface area contributed by atoms with Gasteiger partial charge >= 0.3 is 0 Å². The standard InChI is InChI=1S/C25H23ClN4O4S/c1-34-23-10-12-24(13-11-23)35(32,33)30(22-8-4-20(26)5-9-22)17-25(31)28-16-19-2-6-21(7-3-19)29-15-14-27-18-29/h2-15,18H,16-17H2,1H3,(H,28,31). The molecule has 3 aromatic carbocycles. The molecule has 35 heavy (non-hydrogen) atoms. The molecule has 10 heteroatoms. The third-order valence-corrected chi connectivity index (χ3v) is 7.32. The van der Waals surface area contributed by atoms with Crippen LogP contribution < -0.4 is 14.4 Å². The van der Waals surface area contributed by atoms with Gasteiger partial charge in [0.05, 0.1) is 24.0 Å². The fourth-order valence-corrected chi connectivity index (χ4v) is 4.93. The first-order valence-electron chi connectivity index (χ1n) is 10.6. The SMILES string of the molecule is COc1ccc(S(=O)(=O)N(CC(=O)NCc2ccc(-n3ccnc3)cc2)c2ccc(Cl)cc2)cc1. The summed E-state index contributed by atoms with van der Waals surface area (Å²) >= 11 is 5.98. The fourth-order valence-electron chi connectivity index (χ4n) is 3.38. The van der Waals surface area contributed by atoms with Crippen molar-refractivity contribution in [1.82, 2.24) is 14.9 Å². The van der Waals surface area contributed by atoms with Gasteiger partial charge in [-0.2, -0.15) is 0 Å². The molecule has 0 unspecified atom stereocenters. The zero-order valence-electron chi connectivity index (χ0n) is 18.8. The second-order valence-electron chi connectivity index (χ2n) is 7.58. The second kappa shape index (κ2) is 10.6. The largest absolute Gasteiger partial charge is 0.497 e. The van der Waals surface area contributed by atoms with Gasteiger partial charge in [-0.25, -0.2) is 13.4 Å². The number of nitrogens with zero attached hydrogens (tertiary/aromatic N) is 3. The van der Waals surface area contributed by atoms with E-state index >= 15 is 0 Å². The molecular formula is C25H23ClN4O4S. The van der Waals surface area contributed by atoms with Crippen LogP contribution in [0.15, 0.2) is 96.4 Å². The average molecular weight is 511 g/mol. The van der Waals surface area contributed by atoms with Crippen molar-refractivity contribution in [1.29, 1.82) is 0 Å².